The maximum absolute atomic E-state index is 11.9. The maximum Gasteiger partial charge on any atom is 0.254 e. The zero-order valence-corrected chi connectivity index (χ0v) is 10.8. The zero-order valence-electron chi connectivity index (χ0n) is 10.8. The first-order chi connectivity index (χ1) is 8.15. The van der Waals surface area contributed by atoms with Crippen molar-refractivity contribution in [2.24, 2.45) is 5.92 Å². The molecular weight excluding hydrogens is 214 g/mol. The van der Waals surface area contributed by atoms with Crippen LogP contribution in [0.4, 0.5) is 5.69 Å². The van der Waals surface area contributed by atoms with E-state index in [2.05, 4.69) is 29.5 Å². The van der Waals surface area contributed by atoms with Gasteiger partial charge in [-0.05, 0) is 24.8 Å². The van der Waals surface area contributed by atoms with Gasteiger partial charge in [-0.15, -0.1) is 0 Å². The van der Waals surface area contributed by atoms with Crippen LogP contribution < -0.4 is 10.6 Å². The van der Waals surface area contributed by atoms with E-state index < -0.39 is 0 Å². The molecule has 0 aliphatic carbocycles. The number of pyridine rings is 1. The summed E-state index contributed by atoms with van der Waals surface area (Å²) in [6, 6.07) is 1.79. The summed E-state index contributed by atoms with van der Waals surface area (Å²) in [4.78, 5) is 15.8. The lowest BCUT2D eigenvalue weighted by atomic mass is 10.1. The van der Waals surface area contributed by atoms with E-state index in [1.807, 2.05) is 0 Å². The first-order valence-corrected chi connectivity index (χ1v) is 6.05. The van der Waals surface area contributed by atoms with E-state index in [-0.39, 0.29) is 5.91 Å². The topological polar surface area (TPSA) is 54.0 Å². The van der Waals surface area contributed by atoms with Crippen molar-refractivity contribution in [1.82, 2.24) is 10.3 Å². The molecule has 1 aromatic rings. The molecule has 0 saturated heterocycles. The minimum absolute atomic E-state index is 0.0637. The molecule has 94 valence electrons. The van der Waals surface area contributed by atoms with Crippen LogP contribution in [0.1, 0.15) is 37.0 Å². The predicted octanol–water partition coefficient (Wildman–Crippen LogP) is 2.29. The fourth-order valence-corrected chi connectivity index (χ4v) is 1.60. The Kier molecular flexibility index (Phi) is 5.46. The Hall–Kier alpha value is -1.58. The molecular formula is C13H21N3O. The Morgan fingerprint density at radius 1 is 1.47 bits per heavy atom. The summed E-state index contributed by atoms with van der Waals surface area (Å²) in [7, 11) is 1.80. The quantitative estimate of drug-likeness (QED) is 0.744. The third-order valence-corrected chi connectivity index (χ3v) is 2.58. The molecule has 0 aliphatic heterocycles. The Labute approximate surface area is 103 Å². The summed E-state index contributed by atoms with van der Waals surface area (Å²) >= 11 is 0. The molecule has 0 atom stereocenters. The van der Waals surface area contributed by atoms with Crippen LogP contribution >= 0.6 is 0 Å². The summed E-state index contributed by atoms with van der Waals surface area (Å²) in [5.41, 5.74) is 1.40. The molecule has 4 nitrogen and oxygen atoms in total. The third kappa shape index (κ3) is 4.43. The largest absolute Gasteiger partial charge is 0.387 e. The van der Waals surface area contributed by atoms with Gasteiger partial charge in [0.2, 0.25) is 0 Å². The van der Waals surface area contributed by atoms with Gasteiger partial charge in [0.05, 0.1) is 5.56 Å². The first kappa shape index (κ1) is 13.5. The maximum atomic E-state index is 11.9. The van der Waals surface area contributed by atoms with Crippen LogP contribution in [0.3, 0.4) is 0 Å². The summed E-state index contributed by atoms with van der Waals surface area (Å²) in [6.07, 6.45) is 5.40. The van der Waals surface area contributed by atoms with Crippen LogP contribution in [0, 0.1) is 5.92 Å². The number of rotatable bonds is 6. The molecule has 4 heteroatoms. The van der Waals surface area contributed by atoms with Crippen molar-refractivity contribution in [2.45, 2.75) is 26.7 Å². The first-order valence-electron chi connectivity index (χ1n) is 6.05. The van der Waals surface area contributed by atoms with Gasteiger partial charge in [0, 0.05) is 31.7 Å². The van der Waals surface area contributed by atoms with Crippen molar-refractivity contribution >= 4 is 11.6 Å². The van der Waals surface area contributed by atoms with Crippen LogP contribution in [0.15, 0.2) is 18.5 Å². The molecule has 0 aliphatic rings. The standard InChI is InChI=1S/C13H21N3O/c1-10(2)5-4-7-16-13(17)11-9-15-8-6-12(11)14-3/h6,8-10H,4-5,7H2,1-3H3,(H,14,15)(H,16,17). The van der Waals surface area contributed by atoms with Gasteiger partial charge < -0.3 is 10.6 Å². The van der Waals surface area contributed by atoms with Crippen molar-refractivity contribution in [3.05, 3.63) is 24.0 Å². The highest BCUT2D eigenvalue weighted by atomic mass is 16.1. The highest BCUT2D eigenvalue weighted by Gasteiger charge is 2.09. The predicted molar refractivity (Wildman–Crippen MR) is 70.2 cm³/mol. The second kappa shape index (κ2) is 6.89. The van der Waals surface area contributed by atoms with Crippen molar-refractivity contribution in [1.29, 1.82) is 0 Å². The van der Waals surface area contributed by atoms with Gasteiger partial charge in [0.15, 0.2) is 0 Å². The molecule has 17 heavy (non-hydrogen) atoms. The molecule has 1 rings (SSSR count). The molecule has 0 unspecified atom stereocenters. The molecule has 1 aromatic heterocycles. The lowest BCUT2D eigenvalue weighted by molar-refractivity contribution is 0.0953. The SMILES string of the molecule is CNc1ccncc1C(=O)NCCCC(C)C. The molecule has 0 saturated carbocycles. The van der Waals surface area contributed by atoms with Crippen LogP contribution in [0.25, 0.3) is 0 Å². The average molecular weight is 235 g/mol. The Bertz CT molecular complexity index is 363. The minimum atomic E-state index is -0.0637. The number of carbonyl (C=O) groups excluding carboxylic acids is 1. The van der Waals surface area contributed by atoms with Gasteiger partial charge in [-0.2, -0.15) is 0 Å². The normalized spacial score (nSPS) is 10.4. The Balaban J connectivity index is 2.47. The number of anilines is 1. The van der Waals surface area contributed by atoms with Gasteiger partial charge in [-0.25, -0.2) is 0 Å². The second-order valence-electron chi connectivity index (χ2n) is 4.46. The molecule has 0 radical (unpaired) electrons. The van der Waals surface area contributed by atoms with Crippen LogP contribution in [-0.2, 0) is 0 Å². The van der Waals surface area contributed by atoms with Crippen molar-refractivity contribution in [3.8, 4) is 0 Å². The molecule has 2 N–H and O–H groups in total. The van der Waals surface area contributed by atoms with Gasteiger partial charge in [0.25, 0.3) is 5.91 Å². The molecule has 1 heterocycles. The van der Waals surface area contributed by atoms with E-state index in [0.29, 0.717) is 11.5 Å². The van der Waals surface area contributed by atoms with E-state index in [9.17, 15) is 4.79 Å². The summed E-state index contributed by atoms with van der Waals surface area (Å²) in [5, 5.41) is 5.89. The van der Waals surface area contributed by atoms with Gasteiger partial charge in [-0.1, -0.05) is 13.8 Å². The fourth-order valence-electron chi connectivity index (χ4n) is 1.60. The second-order valence-corrected chi connectivity index (χ2v) is 4.46. The zero-order chi connectivity index (χ0) is 12.7. The molecule has 1 amide bonds. The van der Waals surface area contributed by atoms with Crippen LogP contribution in [0.5, 0.6) is 0 Å². The van der Waals surface area contributed by atoms with E-state index in [1.165, 1.54) is 0 Å². The molecule has 0 bridgehead atoms. The van der Waals surface area contributed by atoms with E-state index in [0.717, 1.165) is 25.1 Å². The Morgan fingerprint density at radius 3 is 2.88 bits per heavy atom. The minimum Gasteiger partial charge on any atom is -0.387 e. The third-order valence-electron chi connectivity index (χ3n) is 2.58. The number of aromatic nitrogens is 1. The summed E-state index contributed by atoms with van der Waals surface area (Å²) in [6.45, 7) is 5.08. The van der Waals surface area contributed by atoms with Crippen molar-refractivity contribution < 1.29 is 4.79 Å². The lowest BCUT2D eigenvalue weighted by Gasteiger charge is -2.09. The number of hydrogen-bond donors (Lipinski definition) is 2. The smallest absolute Gasteiger partial charge is 0.254 e. The highest BCUT2D eigenvalue weighted by Crippen LogP contribution is 2.12. The van der Waals surface area contributed by atoms with Crippen LogP contribution in [-0.4, -0.2) is 24.5 Å². The number of nitrogens with zero attached hydrogens (tertiary/aromatic N) is 1. The monoisotopic (exact) mass is 235 g/mol. The van der Waals surface area contributed by atoms with Crippen LogP contribution in [0.2, 0.25) is 0 Å². The van der Waals surface area contributed by atoms with Crippen molar-refractivity contribution in [2.75, 3.05) is 18.9 Å². The van der Waals surface area contributed by atoms with Gasteiger partial charge >= 0.3 is 0 Å². The molecule has 0 aromatic carbocycles. The summed E-state index contributed by atoms with van der Waals surface area (Å²) < 4.78 is 0. The number of hydrogen-bond acceptors (Lipinski definition) is 3. The molecule has 0 spiro atoms. The van der Waals surface area contributed by atoms with Crippen molar-refractivity contribution in [3.63, 3.8) is 0 Å². The fraction of sp³-hybridized carbons (Fsp3) is 0.538. The lowest BCUT2D eigenvalue weighted by Crippen LogP contribution is -2.25. The van der Waals surface area contributed by atoms with Gasteiger partial charge in [0.1, 0.15) is 0 Å². The van der Waals surface area contributed by atoms with E-state index in [1.54, 1.807) is 25.5 Å². The Morgan fingerprint density at radius 2 is 2.24 bits per heavy atom. The number of carbonyl (C=O) groups is 1. The summed E-state index contributed by atoms with van der Waals surface area (Å²) in [5.74, 6) is 0.615. The molecule has 0 fully saturated rings. The van der Waals surface area contributed by atoms with E-state index in [4.69, 9.17) is 0 Å². The number of nitrogens with one attached hydrogen (secondary N) is 2. The van der Waals surface area contributed by atoms with Gasteiger partial charge in [-0.3, -0.25) is 9.78 Å². The van der Waals surface area contributed by atoms with E-state index >= 15 is 0 Å². The highest BCUT2D eigenvalue weighted by molar-refractivity contribution is 5.99. The average Bonchev–Trinajstić information content (AvgIpc) is 2.34. The number of amides is 1.